The zero-order valence-corrected chi connectivity index (χ0v) is 16.5. The summed E-state index contributed by atoms with van der Waals surface area (Å²) in [6, 6.07) is 4.34. The maximum atomic E-state index is 13.3. The van der Waals surface area contributed by atoms with Crippen LogP contribution in [0.2, 0.25) is 0 Å². The summed E-state index contributed by atoms with van der Waals surface area (Å²) >= 11 is 0. The van der Waals surface area contributed by atoms with Crippen LogP contribution in [0.5, 0.6) is 0 Å². The number of nitrogens with two attached hydrogens (primary N) is 1. The molecule has 7 nitrogen and oxygen atoms in total. The number of sulfonamides is 1. The van der Waals surface area contributed by atoms with Gasteiger partial charge in [0.25, 0.3) is 5.91 Å². The van der Waals surface area contributed by atoms with E-state index in [9.17, 15) is 31.5 Å². The molecular weight excluding hydrogens is 423 g/mol. The molecule has 0 aliphatic heterocycles. The number of amides is 1. The molecule has 1 saturated carbocycles. The molecule has 0 saturated heterocycles. The van der Waals surface area contributed by atoms with Gasteiger partial charge in [0.05, 0.1) is 11.8 Å². The molecule has 0 bridgehead atoms. The fourth-order valence-corrected chi connectivity index (χ4v) is 4.68. The molecule has 0 unspecified atom stereocenters. The molecule has 1 aliphatic carbocycles. The zero-order chi connectivity index (χ0) is 22.1. The fourth-order valence-electron chi connectivity index (χ4n) is 3.22. The lowest BCUT2D eigenvalue weighted by molar-refractivity contribution is 0.102. The SMILES string of the molecule is Nc1ccc(C(=O)Nc2cc(F)c(F)c(F)c2)cc1S(=O)(=O)NC1CCC(O)CC1. The van der Waals surface area contributed by atoms with Crippen LogP contribution in [0.1, 0.15) is 36.0 Å². The topological polar surface area (TPSA) is 122 Å². The summed E-state index contributed by atoms with van der Waals surface area (Å²) in [6.45, 7) is 0. The Morgan fingerprint density at radius 3 is 2.23 bits per heavy atom. The summed E-state index contributed by atoms with van der Waals surface area (Å²) in [5, 5.41) is 11.7. The highest BCUT2D eigenvalue weighted by Crippen LogP contribution is 2.25. The molecule has 162 valence electrons. The third-order valence-corrected chi connectivity index (χ3v) is 6.40. The van der Waals surface area contributed by atoms with Crippen molar-refractivity contribution < 1.29 is 31.5 Å². The Morgan fingerprint density at radius 1 is 1.03 bits per heavy atom. The summed E-state index contributed by atoms with van der Waals surface area (Å²) in [5.41, 5.74) is 5.22. The minimum Gasteiger partial charge on any atom is -0.398 e. The molecule has 0 atom stereocenters. The fraction of sp³-hybridized carbons (Fsp3) is 0.316. The van der Waals surface area contributed by atoms with Crippen LogP contribution >= 0.6 is 0 Å². The third kappa shape index (κ3) is 4.91. The molecule has 1 aliphatic rings. The van der Waals surface area contributed by atoms with Crippen LogP contribution in [0, 0.1) is 17.5 Å². The van der Waals surface area contributed by atoms with Gasteiger partial charge in [-0.15, -0.1) is 0 Å². The molecule has 3 rings (SSSR count). The van der Waals surface area contributed by atoms with Crippen LogP contribution in [-0.4, -0.2) is 31.6 Å². The predicted molar refractivity (Wildman–Crippen MR) is 104 cm³/mol. The van der Waals surface area contributed by atoms with E-state index >= 15 is 0 Å². The van der Waals surface area contributed by atoms with Crippen LogP contribution in [0.15, 0.2) is 35.2 Å². The zero-order valence-electron chi connectivity index (χ0n) is 15.7. The highest BCUT2D eigenvalue weighted by atomic mass is 32.2. The van der Waals surface area contributed by atoms with Gasteiger partial charge in [-0.2, -0.15) is 0 Å². The molecule has 1 amide bonds. The number of nitrogens with one attached hydrogen (secondary N) is 2. The lowest BCUT2D eigenvalue weighted by Crippen LogP contribution is -2.38. The summed E-state index contributed by atoms with van der Waals surface area (Å²) in [5.74, 6) is -5.49. The Labute approximate surface area is 171 Å². The van der Waals surface area contributed by atoms with E-state index in [0.29, 0.717) is 37.8 Å². The van der Waals surface area contributed by atoms with Crippen LogP contribution in [0.4, 0.5) is 24.5 Å². The monoisotopic (exact) mass is 443 g/mol. The van der Waals surface area contributed by atoms with E-state index in [-0.39, 0.29) is 27.9 Å². The molecule has 1 fully saturated rings. The van der Waals surface area contributed by atoms with Gasteiger partial charge in [-0.3, -0.25) is 4.79 Å². The second-order valence-corrected chi connectivity index (χ2v) is 8.77. The Hall–Kier alpha value is -2.63. The summed E-state index contributed by atoms with van der Waals surface area (Å²) in [4.78, 5) is 12.1. The number of aliphatic hydroxyl groups is 1. The Balaban J connectivity index is 1.81. The Kier molecular flexibility index (Phi) is 6.34. The number of carbonyl (C=O) groups excluding carboxylic acids is 1. The Bertz CT molecular complexity index is 1050. The van der Waals surface area contributed by atoms with E-state index < -0.39 is 39.5 Å². The van der Waals surface area contributed by atoms with Crippen LogP contribution in [0.25, 0.3) is 0 Å². The maximum Gasteiger partial charge on any atom is 0.255 e. The number of carbonyl (C=O) groups is 1. The number of hydrogen-bond donors (Lipinski definition) is 4. The van der Waals surface area contributed by atoms with Gasteiger partial charge in [0.15, 0.2) is 17.5 Å². The lowest BCUT2D eigenvalue weighted by Gasteiger charge is -2.26. The van der Waals surface area contributed by atoms with Crippen molar-refractivity contribution in [2.24, 2.45) is 0 Å². The van der Waals surface area contributed by atoms with Gasteiger partial charge in [0, 0.05) is 29.4 Å². The normalized spacial score (nSPS) is 19.5. The molecule has 0 heterocycles. The van der Waals surface area contributed by atoms with Gasteiger partial charge in [0.1, 0.15) is 4.90 Å². The van der Waals surface area contributed by atoms with Crippen LogP contribution < -0.4 is 15.8 Å². The second-order valence-electron chi connectivity index (χ2n) is 7.09. The van der Waals surface area contributed by atoms with Crippen LogP contribution in [0.3, 0.4) is 0 Å². The lowest BCUT2D eigenvalue weighted by atomic mass is 9.94. The molecule has 11 heteroatoms. The van der Waals surface area contributed by atoms with Gasteiger partial charge in [-0.1, -0.05) is 0 Å². The van der Waals surface area contributed by atoms with Crippen molar-refractivity contribution in [1.29, 1.82) is 0 Å². The summed E-state index contributed by atoms with van der Waals surface area (Å²) in [6.07, 6.45) is 1.40. The highest BCUT2D eigenvalue weighted by Gasteiger charge is 2.27. The molecule has 0 spiro atoms. The van der Waals surface area contributed by atoms with Gasteiger partial charge < -0.3 is 16.2 Å². The maximum absolute atomic E-state index is 13.3. The minimum atomic E-state index is -4.06. The number of halogens is 3. The van der Waals surface area contributed by atoms with Gasteiger partial charge in [0.2, 0.25) is 10.0 Å². The Morgan fingerprint density at radius 2 is 1.63 bits per heavy atom. The third-order valence-electron chi connectivity index (χ3n) is 4.83. The van der Waals surface area contributed by atoms with E-state index in [1.807, 2.05) is 0 Å². The number of nitrogen functional groups attached to an aromatic ring is 1. The first-order valence-corrected chi connectivity index (χ1v) is 10.6. The molecule has 30 heavy (non-hydrogen) atoms. The number of anilines is 2. The molecule has 2 aromatic rings. The first-order valence-electron chi connectivity index (χ1n) is 9.12. The standard InChI is InChI=1S/C19H20F3N3O4S/c20-14-8-12(9-15(21)18(14)22)24-19(27)10-1-6-16(23)17(7-10)30(28,29)25-11-2-4-13(26)5-3-11/h1,6-9,11,13,25-26H,2-5,23H2,(H,24,27). The van der Waals surface area contributed by atoms with Gasteiger partial charge in [-0.05, 0) is 43.9 Å². The highest BCUT2D eigenvalue weighted by molar-refractivity contribution is 7.89. The summed E-state index contributed by atoms with van der Waals surface area (Å²) < 4.78 is 67.7. The smallest absolute Gasteiger partial charge is 0.255 e. The molecule has 0 radical (unpaired) electrons. The van der Waals surface area contributed by atoms with Crippen LogP contribution in [-0.2, 0) is 10.0 Å². The summed E-state index contributed by atoms with van der Waals surface area (Å²) in [7, 11) is -4.06. The number of hydrogen-bond acceptors (Lipinski definition) is 5. The number of rotatable bonds is 5. The van der Waals surface area contributed by atoms with Crippen molar-refractivity contribution in [1.82, 2.24) is 4.72 Å². The average Bonchev–Trinajstić information content (AvgIpc) is 2.67. The van der Waals surface area contributed by atoms with Crippen molar-refractivity contribution in [2.45, 2.75) is 42.7 Å². The van der Waals surface area contributed by atoms with E-state index in [0.717, 1.165) is 6.07 Å². The van der Waals surface area contributed by atoms with Crippen molar-refractivity contribution in [3.63, 3.8) is 0 Å². The molecule has 5 N–H and O–H groups in total. The number of aliphatic hydroxyl groups excluding tert-OH is 1. The molecule has 2 aromatic carbocycles. The van der Waals surface area contributed by atoms with Crippen molar-refractivity contribution in [3.05, 3.63) is 53.3 Å². The second kappa shape index (κ2) is 8.62. The average molecular weight is 443 g/mol. The quantitative estimate of drug-likeness (QED) is 0.418. The van der Waals surface area contributed by atoms with Crippen molar-refractivity contribution in [2.75, 3.05) is 11.1 Å². The van der Waals surface area contributed by atoms with Crippen molar-refractivity contribution in [3.8, 4) is 0 Å². The van der Waals surface area contributed by atoms with E-state index in [1.54, 1.807) is 0 Å². The predicted octanol–water partition coefficient (Wildman–Crippen LogP) is 2.52. The van der Waals surface area contributed by atoms with Gasteiger partial charge in [-0.25, -0.2) is 26.3 Å². The van der Waals surface area contributed by atoms with Gasteiger partial charge >= 0.3 is 0 Å². The van der Waals surface area contributed by atoms with Crippen molar-refractivity contribution >= 4 is 27.3 Å². The first-order chi connectivity index (χ1) is 14.1. The number of benzene rings is 2. The molecular formula is C19H20F3N3O4S. The van der Waals surface area contributed by atoms with E-state index in [1.165, 1.54) is 12.1 Å². The largest absolute Gasteiger partial charge is 0.398 e. The molecule has 0 aromatic heterocycles. The first kappa shape index (κ1) is 22.1. The van der Waals surface area contributed by atoms with E-state index in [4.69, 9.17) is 5.73 Å². The minimum absolute atomic E-state index is 0.0891. The van der Waals surface area contributed by atoms with E-state index in [2.05, 4.69) is 10.0 Å².